The van der Waals surface area contributed by atoms with E-state index in [1.807, 2.05) is 11.0 Å². The van der Waals surface area contributed by atoms with Gasteiger partial charge in [-0.3, -0.25) is 4.79 Å². The molecule has 7 heteroatoms. The third-order valence-electron chi connectivity index (χ3n) is 5.30. The number of piperazine rings is 1. The first-order chi connectivity index (χ1) is 13.2. The molecule has 1 amide bonds. The van der Waals surface area contributed by atoms with Crippen molar-refractivity contribution in [2.75, 3.05) is 49.1 Å². The maximum atomic E-state index is 13.9. The van der Waals surface area contributed by atoms with E-state index in [1.165, 1.54) is 25.3 Å². The van der Waals surface area contributed by atoms with E-state index in [4.69, 9.17) is 0 Å². The van der Waals surface area contributed by atoms with Crippen LogP contribution >= 0.6 is 0 Å². The molecule has 2 saturated heterocycles. The molecule has 2 aliphatic rings. The molecule has 2 aromatic rings. The fourth-order valence-corrected chi connectivity index (χ4v) is 3.74. The first-order valence-corrected chi connectivity index (χ1v) is 9.58. The molecule has 2 fully saturated rings. The number of carbonyl (C=O) groups is 1. The lowest BCUT2D eigenvalue weighted by molar-refractivity contribution is 0.0740. The predicted octanol–water partition coefficient (Wildman–Crippen LogP) is 2.57. The van der Waals surface area contributed by atoms with Crippen LogP contribution in [0, 0.1) is 5.82 Å². The summed E-state index contributed by atoms with van der Waals surface area (Å²) in [4.78, 5) is 27.5. The van der Waals surface area contributed by atoms with Crippen molar-refractivity contribution < 1.29 is 9.18 Å². The smallest absolute Gasteiger partial charge is 0.274 e. The average molecular weight is 369 g/mol. The molecule has 3 heterocycles. The summed E-state index contributed by atoms with van der Waals surface area (Å²) in [6.07, 6.45) is 6.90. The molecule has 6 nitrogen and oxygen atoms in total. The lowest BCUT2D eigenvalue weighted by Crippen LogP contribution is -2.49. The Bertz CT molecular complexity index is 783. The third-order valence-corrected chi connectivity index (χ3v) is 5.30. The number of benzene rings is 1. The van der Waals surface area contributed by atoms with Gasteiger partial charge < -0.3 is 14.7 Å². The van der Waals surface area contributed by atoms with Crippen molar-refractivity contribution in [2.24, 2.45) is 0 Å². The second-order valence-electron chi connectivity index (χ2n) is 7.04. The number of para-hydroxylation sites is 1. The molecule has 0 atom stereocenters. The van der Waals surface area contributed by atoms with Crippen LogP contribution in [0.1, 0.15) is 29.8 Å². The van der Waals surface area contributed by atoms with Crippen LogP contribution in [0.25, 0.3) is 0 Å². The number of rotatable bonds is 3. The largest absolute Gasteiger partial charge is 0.366 e. The number of hydrogen-bond donors (Lipinski definition) is 0. The number of nitrogens with zero attached hydrogens (tertiary/aromatic N) is 5. The predicted molar refractivity (Wildman–Crippen MR) is 103 cm³/mol. The van der Waals surface area contributed by atoms with E-state index in [1.54, 1.807) is 29.4 Å². The maximum Gasteiger partial charge on any atom is 0.274 e. The van der Waals surface area contributed by atoms with Gasteiger partial charge in [0.05, 0.1) is 18.1 Å². The molecule has 0 bridgehead atoms. The Balaban J connectivity index is 1.37. The van der Waals surface area contributed by atoms with Crippen molar-refractivity contribution in [3.05, 3.63) is 48.2 Å². The van der Waals surface area contributed by atoms with Gasteiger partial charge in [0.15, 0.2) is 0 Å². The van der Waals surface area contributed by atoms with E-state index in [2.05, 4.69) is 14.9 Å². The number of carbonyl (C=O) groups excluding carboxylic acids is 1. The highest BCUT2D eigenvalue weighted by Crippen LogP contribution is 2.21. The summed E-state index contributed by atoms with van der Waals surface area (Å²) in [5.41, 5.74) is 0.963. The Morgan fingerprint density at radius 3 is 2.26 bits per heavy atom. The lowest BCUT2D eigenvalue weighted by Gasteiger charge is -2.36. The second-order valence-corrected chi connectivity index (χ2v) is 7.04. The standard InChI is InChI=1S/C20H24FN5O/c21-16-6-2-3-7-18(16)24-10-12-26(13-11-24)20(27)17-14-23-19(15-22-17)25-8-4-1-5-9-25/h2-3,6-7,14-15H,1,4-5,8-13H2. The number of piperidine rings is 1. The summed E-state index contributed by atoms with van der Waals surface area (Å²) >= 11 is 0. The highest BCUT2D eigenvalue weighted by atomic mass is 19.1. The summed E-state index contributed by atoms with van der Waals surface area (Å²) in [5.74, 6) is 0.507. The van der Waals surface area contributed by atoms with Crippen LogP contribution in [0.5, 0.6) is 0 Å². The van der Waals surface area contributed by atoms with Crippen LogP contribution in [-0.2, 0) is 0 Å². The maximum absolute atomic E-state index is 13.9. The van der Waals surface area contributed by atoms with Crippen molar-refractivity contribution >= 4 is 17.4 Å². The monoisotopic (exact) mass is 369 g/mol. The van der Waals surface area contributed by atoms with E-state index >= 15 is 0 Å². The summed E-state index contributed by atoms with van der Waals surface area (Å²) in [6.45, 7) is 4.29. The number of halogens is 1. The summed E-state index contributed by atoms with van der Waals surface area (Å²) < 4.78 is 13.9. The van der Waals surface area contributed by atoms with Crippen LogP contribution in [0.4, 0.5) is 15.9 Å². The molecule has 0 spiro atoms. The number of amides is 1. The first-order valence-electron chi connectivity index (χ1n) is 9.58. The minimum absolute atomic E-state index is 0.110. The van der Waals surface area contributed by atoms with Crippen LogP contribution in [0.15, 0.2) is 36.7 Å². The highest BCUT2D eigenvalue weighted by Gasteiger charge is 2.24. The molecule has 2 aliphatic heterocycles. The summed E-state index contributed by atoms with van der Waals surface area (Å²) in [5, 5.41) is 0. The van der Waals surface area contributed by atoms with E-state index in [-0.39, 0.29) is 11.7 Å². The van der Waals surface area contributed by atoms with Gasteiger partial charge in [0.1, 0.15) is 17.3 Å². The highest BCUT2D eigenvalue weighted by molar-refractivity contribution is 5.92. The van der Waals surface area contributed by atoms with Gasteiger partial charge in [-0.1, -0.05) is 12.1 Å². The zero-order valence-electron chi connectivity index (χ0n) is 15.4. The molecule has 0 saturated carbocycles. The summed E-state index contributed by atoms with van der Waals surface area (Å²) in [6, 6.07) is 6.75. The van der Waals surface area contributed by atoms with Crippen molar-refractivity contribution in [2.45, 2.75) is 19.3 Å². The molecule has 1 aromatic carbocycles. The minimum Gasteiger partial charge on any atom is -0.366 e. The van der Waals surface area contributed by atoms with Crippen LogP contribution in [0.3, 0.4) is 0 Å². The molecule has 142 valence electrons. The van der Waals surface area contributed by atoms with Gasteiger partial charge in [0.2, 0.25) is 0 Å². The molecule has 1 aromatic heterocycles. The molecule has 4 rings (SSSR count). The molecular weight excluding hydrogens is 345 g/mol. The van der Waals surface area contributed by atoms with Gasteiger partial charge in [-0.2, -0.15) is 0 Å². The van der Waals surface area contributed by atoms with Gasteiger partial charge in [0.25, 0.3) is 5.91 Å². The Kier molecular flexibility index (Phi) is 5.18. The zero-order chi connectivity index (χ0) is 18.6. The Labute approximate surface area is 158 Å². The fraction of sp³-hybridized carbons (Fsp3) is 0.450. The molecule has 0 aliphatic carbocycles. The van der Waals surface area contributed by atoms with Gasteiger partial charge in [0, 0.05) is 39.3 Å². The van der Waals surface area contributed by atoms with Crippen molar-refractivity contribution in [3.63, 3.8) is 0 Å². The van der Waals surface area contributed by atoms with Gasteiger partial charge >= 0.3 is 0 Å². The minimum atomic E-state index is -0.226. The number of aromatic nitrogens is 2. The van der Waals surface area contributed by atoms with Gasteiger partial charge in [-0.25, -0.2) is 14.4 Å². The van der Waals surface area contributed by atoms with Gasteiger partial charge in [-0.05, 0) is 31.4 Å². The fourth-order valence-electron chi connectivity index (χ4n) is 3.74. The SMILES string of the molecule is O=C(c1cnc(N2CCCCC2)cn1)N1CCN(c2ccccc2F)CC1. The van der Waals surface area contributed by atoms with E-state index in [0.717, 1.165) is 18.9 Å². The number of hydrogen-bond acceptors (Lipinski definition) is 5. The van der Waals surface area contributed by atoms with E-state index in [9.17, 15) is 9.18 Å². The molecule has 0 radical (unpaired) electrons. The second kappa shape index (κ2) is 7.90. The molecule has 0 N–H and O–H groups in total. The first kappa shape index (κ1) is 17.7. The third kappa shape index (κ3) is 3.86. The van der Waals surface area contributed by atoms with E-state index < -0.39 is 0 Å². The Morgan fingerprint density at radius 2 is 1.59 bits per heavy atom. The lowest BCUT2D eigenvalue weighted by atomic mass is 10.1. The molecule has 0 unspecified atom stereocenters. The topological polar surface area (TPSA) is 52.6 Å². The zero-order valence-corrected chi connectivity index (χ0v) is 15.4. The van der Waals surface area contributed by atoms with Crippen molar-refractivity contribution in [1.82, 2.24) is 14.9 Å². The quantitative estimate of drug-likeness (QED) is 0.832. The summed E-state index contributed by atoms with van der Waals surface area (Å²) in [7, 11) is 0. The Hall–Kier alpha value is -2.70. The Morgan fingerprint density at radius 1 is 0.852 bits per heavy atom. The average Bonchev–Trinajstić information content (AvgIpc) is 2.74. The van der Waals surface area contributed by atoms with Crippen LogP contribution in [-0.4, -0.2) is 60.0 Å². The normalized spacial score (nSPS) is 17.9. The van der Waals surface area contributed by atoms with Crippen LogP contribution < -0.4 is 9.80 Å². The van der Waals surface area contributed by atoms with Crippen molar-refractivity contribution in [3.8, 4) is 0 Å². The van der Waals surface area contributed by atoms with Gasteiger partial charge in [-0.15, -0.1) is 0 Å². The van der Waals surface area contributed by atoms with E-state index in [0.29, 0.717) is 37.6 Å². The van der Waals surface area contributed by atoms with Crippen molar-refractivity contribution in [1.29, 1.82) is 0 Å². The van der Waals surface area contributed by atoms with Crippen LogP contribution in [0.2, 0.25) is 0 Å². The molecular formula is C20H24FN5O. The molecule has 27 heavy (non-hydrogen) atoms. The number of anilines is 2.